The Kier molecular flexibility index (Phi) is 7.24. The van der Waals surface area contributed by atoms with Crippen LogP contribution in [0.4, 0.5) is 14.6 Å². The number of aldehydes is 1. The molecule has 27 heavy (non-hydrogen) atoms. The molecule has 0 unspecified atom stereocenters. The molecule has 0 aliphatic carbocycles. The Morgan fingerprint density at radius 1 is 1.30 bits per heavy atom. The molecule has 0 fully saturated rings. The van der Waals surface area contributed by atoms with Crippen LogP contribution in [-0.4, -0.2) is 34.7 Å². The van der Waals surface area contributed by atoms with Gasteiger partial charge in [0, 0.05) is 13.6 Å². The molecule has 0 saturated carbocycles. The molecule has 144 valence electrons. The highest BCUT2D eigenvalue weighted by molar-refractivity contribution is 6.32. The summed E-state index contributed by atoms with van der Waals surface area (Å²) in [5, 5.41) is 0.109. The Labute approximate surface area is 161 Å². The molecule has 0 aliphatic rings. The van der Waals surface area contributed by atoms with Crippen LogP contribution in [0.2, 0.25) is 5.02 Å². The average Bonchev–Trinajstić information content (AvgIpc) is 2.65. The van der Waals surface area contributed by atoms with Crippen molar-refractivity contribution < 1.29 is 13.6 Å². The van der Waals surface area contributed by atoms with E-state index in [-0.39, 0.29) is 39.6 Å². The minimum atomic E-state index is -1.26. The van der Waals surface area contributed by atoms with E-state index in [1.165, 1.54) is 12.3 Å². The third-order valence-electron chi connectivity index (χ3n) is 4.03. The number of hydrogen-bond donors (Lipinski definition) is 1. The standard InChI is InChI=1S/C19H21ClF2N4O/c1-3-4-5-7-26(2)8-6-12-9-13(16(21)17(22)14(12)11-27)19-24-10-15(20)18(23)25-19/h6,8-11H,3-5,7H2,1-2H3,(H2,23,24,25)/b8-6-. The van der Waals surface area contributed by atoms with E-state index >= 15 is 0 Å². The van der Waals surface area contributed by atoms with E-state index in [0.29, 0.717) is 0 Å². The molecule has 0 saturated heterocycles. The van der Waals surface area contributed by atoms with E-state index < -0.39 is 11.6 Å². The predicted molar refractivity (Wildman–Crippen MR) is 103 cm³/mol. The number of aromatic nitrogens is 2. The van der Waals surface area contributed by atoms with Crippen molar-refractivity contribution in [1.82, 2.24) is 14.9 Å². The molecule has 0 amide bonds. The number of anilines is 1. The smallest absolute Gasteiger partial charge is 0.170 e. The zero-order valence-electron chi connectivity index (χ0n) is 15.2. The molecule has 0 spiro atoms. The van der Waals surface area contributed by atoms with Gasteiger partial charge in [0.25, 0.3) is 0 Å². The second-order valence-corrected chi connectivity index (χ2v) is 6.51. The van der Waals surface area contributed by atoms with Gasteiger partial charge in [-0.15, -0.1) is 0 Å². The SMILES string of the molecule is CCCCCN(C)/C=C\c1cc(-c2ncc(Cl)c(N)n2)c(F)c(F)c1C=O. The quantitative estimate of drug-likeness (QED) is 0.524. The lowest BCUT2D eigenvalue weighted by molar-refractivity contribution is 0.111. The maximum absolute atomic E-state index is 14.4. The van der Waals surface area contributed by atoms with Gasteiger partial charge in [0.05, 0.1) is 17.3 Å². The van der Waals surface area contributed by atoms with Crippen molar-refractivity contribution in [2.75, 3.05) is 19.3 Å². The monoisotopic (exact) mass is 394 g/mol. The molecule has 1 aromatic carbocycles. The van der Waals surface area contributed by atoms with Gasteiger partial charge in [-0.1, -0.05) is 31.4 Å². The summed E-state index contributed by atoms with van der Waals surface area (Å²) in [5.74, 6) is -2.63. The molecule has 2 rings (SSSR count). The van der Waals surface area contributed by atoms with Gasteiger partial charge in [0.2, 0.25) is 0 Å². The number of nitrogen functional groups attached to an aromatic ring is 1. The first-order chi connectivity index (χ1) is 12.9. The molecule has 0 bridgehead atoms. The summed E-state index contributed by atoms with van der Waals surface area (Å²) in [6.07, 6.45) is 7.99. The van der Waals surface area contributed by atoms with E-state index in [1.54, 1.807) is 12.3 Å². The fourth-order valence-electron chi connectivity index (χ4n) is 2.48. The van der Waals surface area contributed by atoms with E-state index in [2.05, 4.69) is 16.9 Å². The van der Waals surface area contributed by atoms with Crippen LogP contribution < -0.4 is 5.73 Å². The minimum absolute atomic E-state index is 0.0475. The Hall–Kier alpha value is -2.54. The summed E-state index contributed by atoms with van der Waals surface area (Å²) in [6.45, 7) is 2.93. The van der Waals surface area contributed by atoms with Crippen LogP contribution in [0.1, 0.15) is 42.1 Å². The van der Waals surface area contributed by atoms with Crippen LogP contribution in [0, 0.1) is 11.6 Å². The Morgan fingerprint density at radius 3 is 2.67 bits per heavy atom. The molecular formula is C19H21ClF2N4O. The van der Waals surface area contributed by atoms with Crippen LogP contribution in [0.3, 0.4) is 0 Å². The van der Waals surface area contributed by atoms with Crippen LogP contribution in [-0.2, 0) is 0 Å². The number of carbonyl (C=O) groups excluding carboxylic acids is 1. The summed E-state index contributed by atoms with van der Waals surface area (Å²) >= 11 is 5.77. The first-order valence-corrected chi connectivity index (χ1v) is 8.90. The van der Waals surface area contributed by atoms with Gasteiger partial charge in [-0.25, -0.2) is 18.7 Å². The van der Waals surface area contributed by atoms with Crippen molar-refractivity contribution in [3.63, 3.8) is 0 Å². The zero-order chi connectivity index (χ0) is 20.0. The Bertz CT molecular complexity index is 858. The summed E-state index contributed by atoms with van der Waals surface area (Å²) in [6, 6.07) is 1.32. The van der Waals surface area contributed by atoms with Gasteiger partial charge >= 0.3 is 0 Å². The lowest BCUT2D eigenvalue weighted by Gasteiger charge is -2.14. The number of halogens is 3. The van der Waals surface area contributed by atoms with Gasteiger partial charge in [-0.3, -0.25) is 4.79 Å². The van der Waals surface area contributed by atoms with E-state index in [1.807, 2.05) is 11.9 Å². The van der Waals surface area contributed by atoms with Crippen molar-refractivity contribution in [3.05, 3.63) is 46.2 Å². The van der Waals surface area contributed by atoms with Crippen molar-refractivity contribution in [2.45, 2.75) is 26.2 Å². The van der Waals surface area contributed by atoms with Crippen LogP contribution in [0.25, 0.3) is 17.5 Å². The number of rotatable bonds is 8. The van der Waals surface area contributed by atoms with Crippen molar-refractivity contribution in [3.8, 4) is 11.4 Å². The summed E-state index contributed by atoms with van der Waals surface area (Å²) in [5.41, 5.74) is 5.28. The van der Waals surface area contributed by atoms with Crippen LogP contribution in [0.5, 0.6) is 0 Å². The highest BCUT2D eigenvalue weighted by atomic mass is 35.5. The van der Waals surface area contributed by atoms with Gasteiger partial charge in [0.15, 0.2) is 23.7 Å². The first kappa shape index (κ1) is 20.8. The molecule has 2 aromatic rings. The Balaban J connectivity index is 2.43. The third kappa shape index (κ3) is 5.01. The maximum atomic E-state index is 14.4. The third-order valence-corrected chi connectivity index (χ3v) is 4.32. The zero-order valence-corrected chi connectivity index (χ0v) is 15.9. The first-order valence-electron chi connectivity index (χ1n) is 8.53. The highest BCUT2D eigenvalue weighted by Gasteiger charge is 2.20. The van der Waals surface area contributed by atoms with Crippen LogP contribution >= 0.6 is 11.6 Å². The Morgan fingerprint density at radius 2 is 2.04 bits per heavy atom. The normalized spacial score (nSPS) is 11.1. The van der Waals surface area contributed by atoms with E-state index in [9.17, 15) is 13.6 Å². The number of hydrogen-bond acceptors (Lipinski definition) is 5. The molecule has 0 atom stereocenters. The average molecular weight is 395 g/mol. The molecule has 0 aliphatic heterocycles. The highest BCUT2D eigenvalue weighted by Crippen LogP contribution is 2.28. The van der Waals surface area contributed by atoms with E-state index in [0.717, 1.165) is 25.8 Å². The lowest BCUT2D eigenvalue weighted by atomic mass is 10.0. The van der Waals surface area contributed by atoms with Crippen molar-refractivity contribution in [2.24, 2.45) is 0 Å². The number of unbranched alkanes of at least 4 members (excludes halogenated alkanes) is 2. The molecule has 1 aromatic heterocycles. The van der Waals surface area contributed by atoms with Gasteiger partial charge in [0.1, 0.15) is 10.8 Å². The molecule has 1 heterocycles. The number of benzene rings is 1. The van der Waals surface area contributed by atoms with Crippen LogP contribution in [0.15, 0.2) is 18.5 Å². The van der Waals surface area contributed by atoms with Crippen molar-refractivity contribution in [1.29, 1.82) is 0 Å². The summed E-state index contributed by atoms with van der Waals surface area (Å²) in [7, 11) is 1.87. The largest absolute Gasteiger partial charge is 0.382 e. The molecule has 2 N–H and O–H groups in total. The second-order valence-electron chi connectivity index (χ2n) is 6.10. The minimum Gasteiger partial charge on any atom is -0.382 e. The van der Waals surface area contributed by atoms with Gasteiger partial charge in [-0.05, 0) is 30.3 Å². The lowest BCUT2D eigenvalue weighted by Crippen LogP contribution is -2.12. The molecule has 0 radical (unpaired) electrons. The van der Waals surface area contributed by atoms with E-state index in [4.69, 9.17) is 17.3 Å². The molecular weight excluding hydrogens is 374 g/mol. The fourth-order valence-corrected chi connectivity index (χ4v) is 2.57. The van der Waals surface area contributed by atoms with Gasteiger partial charge in [-0.2, -0.15) is 0 Å². The van der Waals surface area contributed by atoms with Gasteiger partial charge < -0.3 is 10.6 Å². The topological polar surface area (TPSA) is 72.1 Å². The fraction of sp³-hybridized carbons (Fsp3) is 0.316. The predicted octanol–water partition coefficient (Wildman–Crippen LogP) is 4.56. The molecule has 8 heteroatoms. The number of nitrogens with zero attached hydrogens (tertiary/aromatic N) is 3. The van der Waals surface area contributed by atoms with Crippen molar-refractivity contribution >= 4 is 29.8 Å². The summed E-state index contributed by atoms with van der Waals surface area (Å²) < 4.78 is 28.8. The summed E-state index contributed by atoms with van der Waals surface area (Å²) in [4.78, 5) is 21.0. The molecule has 5 nitrogen and oxygen atoms in total. The number of carbonyl (C=O) groups is 1. The number of nitrogens with two attached hydrogens (primary N) is 1. The maximum Gasteiger partial charge on any atom is 0.170 e. The second kappa shape index (κ2) is 9.41.